The van der Waals surface area contributed by atoms with Gasteiger partial charge in [0.1, 0.15) is 6.04 Å². The van der Waals surface area contributed by atoms with Crippen LogP contribution >= 0.6 is 0 Å². The third-order valence-electron chi connectivity index (χ3n) is 3.53. The molecular weight excluding hydrogens is 240 g/mol. The van der Waals surface area contributed by atoms with Crippen LogP contribution in [0, 0.1) is 0 Å². The highest BCUT2D eigenvalue weighted by molar-refractivity contribution is 5.83. The minimum absolute atomic E-state index is 0.0362. The molecule has 2 aliphatic heterocycles. The summed E-state index contributed by atoms with van der Waals surface area (Å²) in [5.74, 6) is -1.11. The molecule has 0 bridgehead atoms. The Kier molecular flexibility index (Phi) is 3.20. The minimum atomic E-state index is -1.11. The summed E-state index contributed by atoms with van der Waals surface area (Å²) < 4.78 is 0. The van der Waals surface area contributed by atoms with E-state index in [2.05, 4.69) is 0 Å². The van der Waals surface area contributed by atoms with Crippen LogP contribution < -0.4 is 0 Å². The number of aliphatic hydroxyl groups is 2. The Morgan fingerprint density at radius 1 is 1.39 bits per heavy atom. The first-order valence-corrected chi connectivity index (χ1v) is 5.99. The van der Waals surface area contributed by atoms with Gasteiger partial charge in [-0.2, -0.15) is 0 Å². The van der Waals surface area contributed by atoms with Crippen LogP contribution in [-0.2, 0) is 4.79 Å². The Labute approximate surface area is 105 Å². The molecule has 0 spiro atoms. The number of carboxylic acids is 1. The molecule has 2 fully saturated rings. The number of carbonyl (C=O) groups is 2. The van der Waals surface area contributed by atoms with Crippen LogP contribution in [0.1, 0.15) is 19.8 Å². The normalized spacial score (nSPS) is 36.2. The summed E-state index contributed by atoms with van der Waals surface area (Å²) in [5.41, 5.74) is -0.910. The largest absolute Gasteiger partial charge is 0.480 e. The lowest BCUT2D eigenvalue weighted by molar-refractivity contribution is -0.141. The number of aliphatic hydroxyl groups excluding tert-OH is 1. The number of urea groups is 1. The lowest BCUT2D eigenvalue weighted by Gasteiger charge is -2.27. The minimum Gasteiger partial charge on any atom is -0.480 e. The first kappa shape index (κ1) is 13.1. The van der Waals surface area contributed by atoms with E-state index in [1.54, 1.807) is 6.92 Å². The van der Waals surface area contributed by atoms with E-state index < -0.39 is 29.7 Å². The maximum Gasteiger partial charge on any atom is 0.326 e. The molecule has 3 atom stereocenters. The van der Waals surface area contributed by atoms with Gasteiger partial charge < -0.3 is 25.1 Å². The van der Waals surface area contributed by atoms with Crippen LogP contribution in [0.3, 0.4) is 0 Å². The predicted octanol–water partition coefficient (Wildman–Crippen LogP) is -0.917. The van der Waals surface area contributed by atoms with Gasteiger partial charge in [0.05, 0.1) is 18.2 Å². The zero-order valence-electron chi connectivity index (χ0n) is 10.2. The molecule has 0 radical (unpaired) electrons. The second kappa shape index (κ2) is 4.40. The number of nitrogens with zero attached hydrogens (tertiary/aromatic N) is 2. The van der Waals surface area contributed by atoms with Crippen molar-refractivity contribution in [1.29, 1.82) is 0 Å². The van der Waals surface area contributed by atoms with Gasteiger partial charge in [-0.3, -0.25) is 0 Å². The Balaban J connectivity index is 2.07. The van der Waals surface area contributed by atoms with E-state index in [-0.39, 0.29) is 19.5 Å². The number of carbonyl (C=O) groups excluding carboxylic acids is 1. The molecule has 0 aromatic carbocycles. The van der Waals surface area contributed by atoms with Crippen molar-refractivity contribution in [2.75, 3.05) is 19.6 Å². The zero-order chi connectivity index (χ0) is 13.5. The second-order valence-corrected chi connectivity index (χ2v) is 5.35. The average Bonchev–Trinajstić information content (AvgIpc) is 2.80. The number of hydrogen-bond donors (Lipinski definition) is 3. The molecule has 2 rings (SSSR count). The van der Waals surface area contributed by atoms with Crippen LogP contribution in [0.5, 0.6) is 0 Å². The van der Waals surface area contributed by atoms with Gasteiger partial charge in [-0.1, -0.05) is 0 Å². The van der Waals surface area contributed by atoms with Gasteiger partial charge in [0.2, 0.25) is 0 Å². The third-order valence-corrected chi connectivity index (χ3v) is 3.53. The number of aliphatic carboxylic acids is 1. The second-order valence-electron chi connectivity index (χ2n) is 5.35. The molecule has 2 amide bonds. The smallest absolute Gasteiger partial charge is 0.326 e. The molecule has 2 saturated heterocycles. The van der Waals surface area contributed by atoms with Gasteiger partial charge >= 0.3 is 12.0 Å². The number of carboxylic acid groups (broad SMARTS) is 1. The quantitative estimate of drug-likeness (QED) is 0.565. The molecule has 0 aliphatic carbocycles. The highest BCUT2D eigenvalue weighted by Gasteiger charge is 2.43. The number of hydrogen-bond acceptors (Lipinski definition) is 4. The molecule has 3 N–H and O–H groups in total. The highest BCUT2D eigenvalue weighted by Crippen LogP contribution is 2.25. The fourth-order valence-electron chi connectivity index (χ4n) is 2.55. The van der Waals surface area contributed by atoms with Crippen molar-refractivity contribution in [2.45, 2.75) is 37.5 Å². The molecule has 1 unspecified atom stereocenters. The first-order chi connectivity index (χ1) is 8.30. The molecule has 0 saturated carbocycles. The van der Waals surface area contributed by atoms with Crippen molar-refractivity contribution in [3.8, 4) is 0 Å². The molecule has 102 valence electrons. The summed E-state index contributed by atoms with van der Waals surface area (Å²) in [7, 11) is 0. The maximum atomic E-state index is 12.2. The number of β-amino-alcohol motifs (C(OH)–C–C–N with tert-alkyl or cyclic N) is 2. The first-order valence-electron chi connectivity index (χ1n) is 5.99. The van der Waals surface area contributed by atoms with Gasteiger partial charge in [0, 0.05) is 19.5 Å². The fourth-order valence-corrected chi connectivity index (χ4v) is 2.55. The molecule has 7 nitrogen and oxygen atoms in total. The highest BCUT2D eigenvalue weighted by atomic mass is 16.4. The van der Waals surface area contributed by atoms with Gasteiger partial charge in [-0.05, 0) is 13.3 Å². The van der Waals surface area contributed by atoms with E-state index in [1.807, 2.05) is 0 Å². The Morgan fingerprint density at radius 3 is 2.56 bits per heavy atom. The summed E-state index contributed by atoms with van der Waals surface area (Å²) in [6, 6.07) is -1.39. The van der Waals surface area contributed by atoms with Crippen LogP contribution in [0.15, 0.2) is 0 Å². The number of amides is 2. The standard InChI is InChI=1S/C11H18N2O5/c1-11(18)2-3-12(6-11)10(17)13-5-7(14)4-8(13)9(15)16/h7-8,14,18H,2-6H2,1H3,(H,15,16)/t7-,8-,11?/m1/s1. The molecular formula is C11H18N2O5. The van der Waals surface area contributed by atoms with Gasteiger partial charge in [0.15, 0.2) is 0 Å². The Morgan fingerprint density at radius 2 is 2.06 bits per heavy atom. The summed E-state index contributed by atoms with van der Waals surface area (Å²) >= 11 is 0. The SMILES string of the molecule is CC1(O)CCN(C(=O)N2C[C@H](O)C[C@@H]2C(=O)O)C1. The number of rotatable bonds is 1. The van der Waals surface area contributed by atoms with E-state index >= 15 is 0 Å². The topological polar surface area (TPSA) is 101 Å². The molecule has 18 heavy (non-hydrogen) atoms. The van der Waals surface area contributed by atoms with Crippen molar-refractivity contribution < 1.29 is 24.9 Å². The lowest BCUT2D eigenvalue weighted by atomic mass is 10.1. The van der Waals surface area contributed by atoms with E-state index in [0.717, 1.165) is 0 Å². The van der Waals surface area contributed by atoms with E-state index in [9.17, 15) is 19.8 Å². The monoisotopic (exact) mass is 258 g/mol. The molecule has 0 aromatic heterocycles. The van der Waals surface area contributed by atoms with Crippen molar-refractivity contribution in [3.05, 3.63) is 0 Å². The Bertz CT molecular complexity index is 370. The lowest BCUT2D eigenvalue weighted by Crippen LogP contribution is -2.48. The summed E-state index contributed by atoms with van der Waals surface area (Å²) in [5, 5.41) is 28.3. The van der Waals surface area contributed by atoms with E-state index in [1.165, 1.54) is 9.80 Å². The van der Waals surface area contributed by atoms with Gasteiger partial charge in [-0.25, -0.2) is 9.59 Å². The zero-order valence-corrected chi connectivity index (χ0v) is 10.2. The summed E-state index contributed by atoms with van der Waals surface area (Å²) in [6.07, 6.45) is -0.254. The molecule has 2 heterocycles. The van der Waals surface area contributed by atoms with Crippen molar-refractivity contribution >= 4 is 12.0 Å². The van der Waals surface area contributed by atoms with Crippen LogP contribution in [0.2, 0.25) is 0 Å². The molecule has 0 aromatic rings. The summed E-state index contributed by atoms with van der Waals surface area (Å²) in [6.45, 7) is 2.29. The predicted molar refractivity (Wildman–Crippen MR) is 61.0 cm³/mol. The maximum absolute atomic E-state index is 12.2. The summed E-state index contributed by atoms with van der Waals surface area (Å²) in [4.78, 5) is 25.8. The van der Waals surface area contributed by atoms with Gasteiger partial charge in [0.25, 0.3) is 0 Å². The Hall–Kier alpha value is -1.34. The molecule has 7 heteroatoms. The van der Waals surface area contributed by atoms with Gasteiger partial charge in [-0.15, -0.1) is 0 Å². The average molecular weight is 258 g/mol. The van der Waals surface area contributed by atoms with E-state index in [0.29, 0.717) is 13.0 Å². The molecule has 2 aliphatic rings. The van der Waals surface area contributed by atoms with Crippen molar-refractivity contribution in [1.82, 2.24) is 9.80 Å². The van der Waals surface area contributed by atoms with Crippen LogP contribution in [-0.4, -0.2) is 74.5 Å². The number of likely N-dealkylation sites (tertiary alicyclic amines) is 2. The van der Waals surface area contributed by atoms with Crippen molar-refractivity contribution in [2.24, 2.45) is 0 Å². The van der Waals surface area contributed by atoms with Crippen molar-refractivity contribution in [3.63, 3.8) is 0 Å². The van der Waals surface area contributed by atoms with E-state index in [4.69, 9.17) is 5.11 Å². The van der Waals surface area contributed by atoms with Crippen LogP contribution in [0.4, 0.5) is 4.79 Å². The van der Waals surface area contributed by atoms with Crippen LogP contribution in [0.25, 0.3) is 0 Å². The fraction of sp³-hybridized carbons (Fsp3) is 0.818. The third kappa shape index (κ3) is 2.41.